The Labute approximate surface area is 122 Å². The third-order valence-corrected chi connectivity index (χ3v) is 2.63. The standard InChI is InChI=1S/C15H16N2O4/c1-20-5-6-21-14-4-2-3-12(8-14)17-15(19)11-7-13(18)10-16-9-11/h2-4,7-10,18H,5-6H2,1H3,(H,17,19). The molecule has 0 atom stereocenters. The number of pyridine rings is 1. The molecular formula is C15H16N2O4. The maximum atomic E-state index is 12.0. The number of hydrogen-bond donors (Lipinski definition) is 2. The first-order chi connectivity index (χ1) is 10.2. The van der Waals surface area contributed by atoms with Crippen molar-refractivity contribution in [3.8, 4) is 11.5 Å². The Hall–Kier alpha value is -2.60. The molecule has 0 spiro atoms. The number of nitrogens with one attached hydrogen (secondary N) is 1. The SMILES string of the molecule is COCCOc1cccc(NC(=O)c2cncc(O)c2)c1. The fraction of sp³-hybridized carbons (Fsp3) is 0.200. The normalized spacial score (nSPS) is 10.1. The molecule has 0 aliphatic rings. The van der Waals surface area contributed by atoms with Crippen molar-refractivity contribution < 1.29 is 19.4 Å². The van der Waals surface area contributed by atoms with Crippen LogP contribution in [0.25, 0.3) is 0 Å². The largest absolute Gasteiger partial charge is 0.506 e. The Bertz CT molecular complexity index is 616. The highest BCUT2D eigenvalue weighted by Crippen LogP contribution is 2.18. The molecule has 2 aromatic rings. The van der Waals surface area contributed by atoms with Crippen LogP contribution in [-0.2, 0) is 4.74 Å². The smallest absolute Gasteiger partial charge is 0.257 e. The molecule has 6 heteroatoms. The molecule has 0 aliphatic carbocycles. The van der Waals surface area contributed by atoms with Crippen molar-refractivity contribution in [2.75, 3.05) is 25.6 Å². The summed E-state index contributed by atoms with van der Waals surface area (Å²) in [6.45, 7) is 0.927. The van der Waals surface area contributed by atoms with E-state index in [1.54, 1.807) is 31.4 Å². The van der Waals surface area contributed by atoms with Gasteiger partial charge in [-0.05, 0) is 18.2 Å². The number of carbonyl (C=O) groups excluding carboxylic acids is 1. The fourth-order valence-corrected chi connectivity index (χ4v) is 1.66. The molecule has 2 N–H and O–H groups in total. The summed E-state index contributed by atoms with van der Waals surface area (Å²) in [5.74, 6) is 0.227. The number of hydrogen-bond acceptors (Lipinski definition) is 5. The zero-order chi connectivity index (χ0) is 15.1. The number of aromatic hydroxyl groups is 1. The van der Waals surface area contributed by atoms with Gasteiger partial charge < -0.3 is 19.9 Å². The minimum Gasteiger partial charge on any atom is -0.506 e. The Kier molecular flexibility index (Phi) is 5.11. The van der Waals surface area contributed by atoms with Crippen LogP contribution < -0.4 is 10.1 Å². The minimum absolute atomic E-state index is 0.0562. The average molecular weight is 288 g/mol. The van der Waals surface area contributed by atoms with E-state index in [4.69, 9.17) is 9.47 Å². The molecule has 0 unspecified atom stereocenters. The molecule has 1 aromatic carbocycles. The molecular weight excluding hydrogens is 272 g/mol. The Morgan fingerprint density at radius 1 is 1.29 bits per heavy atom. The summed E-state index contributed by atoms with van der Waals surface area (Å²) in [5, 5.41) is 12.0. The van der Waals surface area contributed by atoms with Crippen LogP contribution in [0.3, 0.4) is 0 Å². The molecule has 1 heterocycles. The number of rotatable bonds is 6. The molecule has 0 saturated heterocycles. The van der Waals surface area contributed by atoms with Crippen molar-refractivity contribution in [2.24, 2.45) is 0 Å². The molecule has 0 aliphatic heterocycles. The van der Waals surface area contributed by atoms with E-state index in [0.29, 0.717) is 24.7 Å². The summed E-state index contributed by atoms with van der Waals surface area (Å²) in [6, 6.07) is 8.38. The van der Waals surface area contributed by atoms with E-state index in [1.165, 1.54) is 18.5 Å². The van der Waals surface area contributed by atoms with Crippen molar-refractivity contribution >= 4 is 11.6 Å². The quantitative estimate of drug-likeness (QED) is 0.795. The Morgan fingerprint density at radius 3 is 2.90 bits per heavy atom. The predicted octanol–water partition coefficient (Wildman–Crippen LogP) is 2.06. The molecule has 0 radical (unpaired) electrons. The van der Waals surface area contributed by atoms with Gasteiger partial charge in [0, 0.05) is 25.1 Å². The van der Waals surface area contributed by atoms with Crippen LogP contribution >= 0.6 is 0 Å². The molecule has 1 aromatic heterocycles. The van der Waals surface area contributed by atoms with Crippen LogP contribution in [0.2, 0.25) is 0 Å². The summed E-state index contributed by atoms with van der Waals surface area (Å²) in [6.07, 6.45) is 2.65. The van der Waals surface area contributed by atoms with Crippen molar-refractivity contribution in [3.05, 3.63) is 48.3 Å². The zero-order valence-electron chi connectivity index (χ0n) is 11.6. The van der Waals surface area contributed by atoms with E-state index in [9.17, 15) is 9.90 Å². The lowest BCUT2D eigenvalue weighted by Crippen LogP contribution is -2.12. The maximum absolute atomic E-state index is 12.0. The number of benzene rings is 1. The van der Waals surface area contributed by atoms with Gasteiger partial charge in [0.15, 0.2) is 0 Å². The van der Waals surface area contributed by atoms with Crippen LogP contribution in [0.15, 0.2) is 42.7 Å². The van der Waals surface area contributed by atoms with Crippen molar-refractivity contribution in [2.45, 2.75) is 0 Å². The van der Waals surface area contributed by atoms with Crippen LogP contribution in [-0.4, -0.2) is 36.3 Å². The number of amides is 1. The minimum atomic E-state index is -0.354. The number of methoxy groups -OCH3 is 1. The highest BCUT2D eigenvalue weighted by atomic mass is 16.5. The van der Waals surface area contributed by atoms with E-state index in [0.717, 1.165) is 0 Å². The van der Waals surface area contributed by atoms with Crippen LogP contribution in [0, 0.1) is 0 Å². The Morgan fingerprint density at radius 2 is 2.14 bits per heavy atom. The third-order valence-electron chi connectivity index (χ3n) is 2.63. The van der Waals surface area contributed by atoms with Gasteiger partial charge in [-0.25, -0.2) is 0 Å². The average Bonchev–Trinajstić information content (AvgIpc) is 2.48. The van der Waals surface area contributed by atoms with E-state index in [-0.39, 0.29) is 17.2 Å². The molecule has 0 saturated carbocycles. The second-order valence-corrected chi connectivity index (χ2v) is 4.26. The molecule has 6 nitrogen and oxygen atoms in total. The van der Waals surface area contributed by atoms with Crippen molar-refractivity contribution in [1.82, 2.24) is 4.98 Å². The van der Waals surface area contributed by atoms with Gasteiger partial charge >= 0.3 is 0 Å². The van der Waals surface area contributed by atoms with E-state index < -0.39 is 0 Å². The fourth-order valence-electron chi connectivity index (χ4n) is 1.66. The van der Waals surface area contributed by atoms with Gasteiger partial charge in [0.05, 0.1) is 18.4 Å². The number of aromatic nitrogens is 1. The molecule has 0 bridgehead atoms. The van der Waals surface area contributed by atoms with E-state index in [1.807, 2.05) is 0 Å². The predicted molar refractivity (Wildman–Crippen MR) is 77.7 cm³/mol. The zero-order valence-corrected chi connectivity index (χ0v) is 11.6. The molecule has 110 valence electrons. The van der Waals surface area contributed by atoms with Gasteiger partial charge in [0.2, 0.25) is 0 Å². The molecule has 1 amide bonds. The van der Waals surface area contributed by atoms with Crippen LogP contribution in [0.4, 0.5) is 5.69 Å². The topological polar surface area (TPSA) is 80.7 Å². The first-order valence-corrected chi connectivity index (χ1v) is 6.36. The second-order valence-electron chi connectivity index (χ2n) is 4.26. The number of ether oxygens (including phenoxy) is 2. The summed E-state index contributed by atoms with van der Waals surface area (Å²) in [5.41, 5.74) is 0.874. The van der Waals surface area contributed by atoms with Gasteiger partial charge in [0.1, 0.15) is 18.1 Å². The van der Waals surface area contributed by atoms with Gasteiger partial charge in [-0.2, -0.15) is 0 Å². The van der Waals surface area contributed by atoms with Gasteiger partial charge in [-0.1, -0.05) is 6.07 Å². The summed E-state index contributed by atoms with van der Waals surface area (Å²) < 4.78 is 10.4. The van der Waals surface area contributed by atoms with Gasteiger partial charge in [0.25, 0.3) is 5.91 Å². The third kappa shape index (κ3) is 4.47. The molecule has 21 heavy (non-hydrogen) atoms. The van der Waals surface area contributed by atoms with Crippen molar-refractivity contribution in [3.63, 3.8) is 0 Å². The summed E-state index contributed by atoms with van der Waals surface area (Å²) in [4.78, 5) is 15.8. The van der Waals surface area contributed by atoms with E-state index in [2.05, 4.69) is 10.3 Å². The monoisotopic (exact) mass is 288 g/mol. The van der Waals surface area contributed by atoms with Crippen molar-refractivity contribution in [1.29, 1.82) is 0 Å². The summed E-state index contributed by atoms with van der Waals surface area (Å²) >= 11 is 0. The lowest BCUT2D eigenvalue weighted by Gasteiger charge is -2.09. The Balaban J connectivity index is 2.02. The van der Waals surface area contributed by atoms with Gasteiger partial charge in [-0.3, -0.25) is 9.78 Å². The highest BCUT2D eigenvalue weighted by Gasteiger charge is 2.08. The summed E-state index contributed by atoms with van der Waals surface area (Å²) in [7, 11) is 1.60. The lowest BCUT2D eigenvalue weighted by atomic mass is 10.2. The maximum Gasteiger partial charge on any atom is 0.257 e. The highest BCUT2D eigenvalue weighted by molar-refractivity contribution is 6.04. The first kappa shape index (κ1) is 14.8. The number of anilines is 1. The second kappa shape index (κ2) is 7.25. The van der Waals surface area contributed by atoms with Crippen LogP contribution in [0.5, 0.6) is 11.5 Å². The molecule has 0 fully saturated rings. The van der Waals surface area contributed by atoms with Gasteiger partial charge in [-0.15, -0.1) is 0 Å². The van der Waals surface area contributed by atoms with E-state index >= 15 is 0 Å². The van der Waals surface area contributed by atoms with Crippen LogP contribution in [0.1, 0.15) is 10.4 Å². The number of nitrogens with zero attached hydrogens (tertiary/aromatic N) is 1. The lowest BCUT2D eigenvalue weighted by molar-refractivity contribution is 0.102. The number of carbonyl (C=O) groups is 1. The first-order valence-electron chi connectivity index (χ1n) is 6.36. The molecule has 2 rings (SSSR count).